The number of aliphatic hydroxyl groups is 1. The first kappa shape index (κ1) is 16.0. The van der Waals surface area contributed by atoms with E-state index in [0.29, 0.717) is 17.1 Å². The van der Waals surface area contributed by atoms with Crippen molar-refractivity contribution in [2.24, 2.45) is 0 Å². The predicted octanol–water partition coefficient (Wildman–Crippen LogP) is 2.19. The summed E-state index contributed by atoms with van der Waals surface area (Å²) in [7, 11) is -1.08. The summed E-state index contributed by atoms with van der Waals surface area (Å²) in [6, 6.07) is 6.61. The van der Waals surface area contributed by atoms with Gasteiger partial charge in [0.15, 0.2) is 0 Å². The zero-order valence-electron chi connectivity index (χ0n) is 12.6. The Morgan fingerprint density at radius 3 is 2.81 bits per heavy atom. The fraction of sp³-hybridized carbons (Fsp3) is 0.533. The van der Waals surface area contributed by atoms with Crippen LogP contribution in [0.2, 0.25) is 0 Å². The first-order valence-corrected chi connectivity index (χ1v) is 8.58. The average molecular weight is 310 g/mol. The van der Waals surface area contributed by atoms with Crippen LogP contribution in [0.4, 0.5) is 10.5 Å². The highest BCUT2D eigenvalue weighted by Crippen LogP contribution is 2.27. The zero-order valence-corrected chi connectivity index (χ0v) is 13.4. The van der Waals surface area contributed by atoms with Crippen molar-refractivity contribution in [2.45, 2.75) is 43.2 Å². The van der Waals surface area contributed by atoms with Gasteiger partial charge in [-0.25, -0.2) is 4.79 Å². The second-order valence-electron chi connectivity index (χ2n) is 5.92. The largest absolute Gasteiger partial charge is 0.388 e. The van der Waals surface area contributed by atoms with Crippen molar-refractivity contribution in [1.29, 1.82) is 0 Å². The van der Waals surface area contributed by atoms with Crippen molar-refractivity contribution in [3.05, 3.63) is 24.3 Å². The molecule has 1 aromatic carbocycles. The van der Waals surface area contributed by atoms with Crippen LogP contribution in [-0.2, 0) is 10.8 Å². The van der Waals surface area contributed by atoms with Gasteiger partial charge in [0, 0.05) is 34.2 Å². The molecule has 1 fully saturated rings. The number of carbonyl (C=O) groups is 1. The van der Waals surface area contributed by atoms with Gasteiger partial charge in [-0.3, -0.25) is 4.21 Å². The molecule has 1 aliphatic rings. The lowest BCUT2D eigenvalue weighted by Gasteiger charge is -2.33. The number of nitrogens with one attached hydrogen (secondary N) is 1. The summed E-state index contributed by atoms with van der Waals surface area (Å²) < 4.78 is 11.5. The second-order valence-corrected chi connectivity index (χ2v) is 7.30. The number of hydrogen-bond acceptors (Lipinski definition) is 3. The molecule has 2 N–H and O–H groups in total. The van der Waals surface area contributed by atoms with E-state index in [-0.39, 0.29) is 12.1 Å². The predicted molar refractivity (Wildman–Crippen MR) is 83.8 cm³/mol. The van der Waals surface area contributed by atoms with Gasteiger partial charge in [0.05, 0.1) is 11.6 Å². The molecule has 0 aliphatic carbocycles. The number of likely N-dealkylation sites (tertiary alicyclic amines) is 1. The maximum absolute atomic E-state index is 12.4. The SMILES string of the molecule is CS(=O)c1cccc(NC(=O)N2CCCC2C(C)(C)O)c1. The lowest BCUT2D eigenvalue weighted by molar-refractivity contribution is 0.0117. The van der Waals surface area contributed by atoms with Gasteiger partial charge < -0.3 is 15.3 Å². The molecule has 0 bridgehead atoms. The van der Waals surface area contributed by atoms with Gasteiger partial charge in [-0.1, -0.05) is 6.07 Å². The van der Waals surface area contributed by atoms with Crippen LogP contribution in [0.3, 0.4) is 0 Å². The molecule has 5 nitrogen and oxygen atoms in total. The Balaban J connectivity index is 2.11. The van der Waals surface area contributed by atoms with Crippen LogP contribution >= 0.6 is 0 Å². The molecule has 2 atom stereocenters. The maximum atomic E-state index is 12.4. The fourth-order valence-corrected chi connectivity index (χ4v) is 3.26. The molecule has 0 aromatic heterocycles. The quantitative estimate of drug-likeness (QED) is 0.899. The molecule has 116 valence electrons. The number of hydrogen-bond donors (Lipinski definition) is 2. The highest BCUT2D eigenvalue weighted by molar-refractivity contribution is 7.84. The molecule has 2 unspecified atom stereocenters. The standard InChI is InChI=1S/C15H22N2O3S/c1-15(2,19)13-8-5-9-17(13)14(18)16-11-6-4-7-12(10-11)21(3)20/h4,6-7,10,13,19H,5,8-9H2,1-3H3,(H,16,18). The van der Waals surface area contributed by atoms with Gasteiger partial charge in [-0.15, -0.1) is 0 Å². The molecule has 0 radical (unpaired) electrons. The normalized spacial score (nSPS) is 20.4. The van der Waals surface area contributed by atoms with Crippen LogP contribution in [0.5, 0.6) is 0 Å². The van der Waals surface area contributed by atoms with E-state index >= 15 is 0 Å². The summed E-state index contributed by atoms with van der Waals surface area (Å²) in [6.07, 6.45) is 3.29. The molecule has 2 amide bonds. The Labute approximate surface area is 127 Å². The Bertz CT molecular complexity index is 554. The van der Waals surface area contributed by atoms with Crippen molar-refractivity contribution in [1.82, 2.24) is 4.90 Å². The Morgan fingerprint density at radius 1 is 1.48 bits per heavy atom. The third kappa shape index (κ3) is 3.83. The summed E-state index contributed by atoms with van der Waals surface area (Å²) in [4.78, 5) is 14.7. The molecular formula is C15H22N2O3S. The molecule has 0 spiro atoms. The van der Waals surface area contributed by atoms with Crippen LogP contribution in [-0.4, -0.2) is 44.7 Å². The molecular weight excluding hydrogens is 288 g/mol. The van der Waals surface area contributed by atoms with Crippen molar-refractivity contribution in [3.8, 4) is 0 Å². The number of anilines is 1. The highest BCUT2D eigenvalue weighted by atomic mass is 32.2. The summed E-state index contributed by atoms with van der Waals surface area (Å²) in [5.41, 5.74) is -0.297. The van der Waals surface area contributed by atoms with Crippen LogP contribution in [0.25, 0.3) is 0 Å². The van der Waals surface area contributed by atoms with Crippen molar-refractivity contribution < 1.29 is 14.1 Å². The van der Waals surface area contributed by atoms with Gasteiger partial charge >= 0.3 is 6.03 Å². The minimum atomic E-state index is -1.08. The topological polar surface area (TPSA) is 69.6 Å². The third-order valence-electron chi connectivity index (χ3n) is 3.75. The number of benzene rings is 1. The van der Waals surface area contributed by atoms with Gasteiger partial charge in [-0.05, 0) is 44.9 Å². The summed E-state index contributed by atoms with van der Waals surface area (Å²) >= 11 is 0. The second kappa shape index (κ2) is 6.15. The summed E-state index contributed by atoms with van der Waals surface area (Å²) in [5.74, 6) is 0. The van der Waals surface area contributed by atoms with Gasteiger partial charge in [0.2, 0.25) is 0 Å². The molecule has 1 heterocycles. The average Bonchev–Trinajstić information content (AvgIpc) is 2.88. The lowest BCUT2D eigenvalue weighted by Crippen LogP contribution is -2.49. The van der Waals surface area contributed by atoms with E-state index in [9.17, 15) is 14.1 Å². The van der Waals surface area contributed by atoms with Gasteiger partial charge in [0.25, 0.3) is 0 Å². The lowest BCUT2D eigenvalue weighted by atomic mass is 9.97. The number of carbonyl (C=O) groups excluding carboxylic acids is 1. The maximum Gasteiger partial charge on any atom is 0.322 e. The summed E-state index contributed by atoms with van der Waals surface area (Å²) in [6.45, 7) is 4.09. The van der Waals surface area contributed by atoms with E-state index in [0.717, 1.165) is 12.8 Å². The first-order valence-electron chi connectivity index (χ1n) is 7.02. The van der Waals surface area contributed by atoms with Gasteiger partial charge in [-0.2, -0.15) is 0 Å². The van der Waals surface area contributed by atoms with E-state index in [1.807, 2.05) is 0 Å². The smallest absolute Gasteiger partial charge is 0.322 e. The minimum Gasteiger partial charge on any atom is -0.388 e. The minimum absolute atomic E-state index is 0.180. The molecule has 1 aliphatic heterocycles. The number of urea groups is 1. The van der Waals surface area contributed by atoms with Crippen LogP contribution in [0.1, 0.15) is 26.7 Å². The third-order valence-corrected chi connectivity index (χ3v) is 4.66. The molecule has 21 heavy (non-hydrogen) atoms. The molecule has 1 saturated heterocycles. The fourth-order valence-electron chi connectivity index (χ4n) is 2.69. The van der Waals surface area contributed by atoms with Crippen molar-refractivity contribution in [2.75, 3.05) is 18.1 Å². The van der Waals surface area contributed by atoms with E-state index in [4.69, 9.17) is 0 Å². The Kier molecular flexibility index (Phi) is 4.68. The highest BCUT2D eigenvalue weighted by Gasteiger charge is 2.38. The van der Waals surface area contributed by atoms with E-state index in [1.165, 1.54) is 0 Å². The van der Waals surface area contributed by atoms with Crippen molar-refractivity contribution in [3.63, 3.8) is 0 Å². The summed E-state index contributed by atoms with van der Waals surface area (Å²) in [5, 5.41) is 13.0. The van der Waals surface area contributed by atoms with E-state index < -0.39 is 16.4 Å². The monoisotopic (exact) mass is 310 g/mol. The number of amides is 2. The van der Waals surface area contributed by atoms with E-state index in [2.05, 4.69) is 5.32 Å². The van der Waals surface area contributed by atoms with Crippen molar-refractivity contribution >= 4 is 22.5 Å². The van der Waals surface area contributed by atoms with Crippen LogP contribution in [0.15, 0.2) is 29.2 Å². The van der Waals surface area contributed by atoms with Gasteiger partial charge in [0.1, 0.15) is 0 Å². The van der Waals surface area contributed by atoms with Crippen LogP contribution in [0, 0.1) is 0 Å². The molecule has 0 saturated carbocycles. The molecule has 6 heteroatoms. The Hall–Kier alpha value is -1.40. The Morgan fingerprint density at radius 2 is 2.19 bits per heavy atom. The first-order chi connectivity index (χ1) is 9.79. The zero-order chi connectivity index (χ0) is 15.6. The number of nitrogens with zero attached hydrogens (tertiary/aromatic N) is 1. The van der Waals surface area contributed by atoms with E-state index in [1.54, 1.807) is 49.3 Å². The van der Waals surface area contributed by atoms with Crippen LogP contribution < -0.4 is 5.32 Å². The number of rotatable bonds is 3. The molecule has 2 rings (SSSR count). The molecule has 1 aromatic rings.